The van der Waals surface area contributed by atoms with Crippen LogP contribution < -0.4 is 16.3 Å². The molecule has 3 rings (SSSR count). The maximum absolute atomic E-state index is 11.6. The molecule has 3 aromatic rings. The number of amides is 3. The second kappa shape index (κ2) is 11.4. The molecule has 3 amide bonds. The average Bonchev–Trinajstić information content (AvgIpc) is 3.23. The Bertz CT molecular complexity index is 1300. The first kappa shape index (κ1) is 26.4. The number of hydrogen-bond donors (Lipinski definition) is 3. The van der Waals surface area contributed by atoms with Gasteiger partial charge in [0.25, 0.3) is 5.91 Å². The van der Waals surface area contributed by atoms with Crippen molar-refractivity contribution < 1.29 is 14.4 Å². The van der Waals surface area contributed by atoms with Crippen molar-refractivity contribution in [3.63, 3.8) is 0 Å². The van der Waals surface area contributed by atoms with Gasteiger partial charge < -0.3 is 30.3 Å². The van der Waals surface area contributed by atoms with Crippen LogP contribution in [0.25, 0.3) is 23.6 Å². The number of nitrogens with one attached hydrogen (secondary N) is 2. The fraction of sp³-hybridized carbons (Fsp3) is 0.346. The minimum Gasteiger partial charge on any atom is -0.366 e. The number of nitrogens with zero attached hydrogens (tertiary/aromatic N) is 2. The highest BCUT2D eigenvalue weighted by Gasteiger charge is 2.14. The normalized spacial score (nSPS) is 11.2. The zero-order chi connectivity index (χ0) is 25.6. The summed E-state index contributed by atoms with van der Waals surface area (Å²) in [5, 5.41) is 3.00. The second-order valence-corrected chi connectivity index (χ2v) is 8.49. The van der Waals surface area contributed by atoms with Gasteiger partial charge in [-0.3, -0.25) is 4.79 Å². The fourth-order valence-electron chi connectivity index (χ4n) is 3.89. The fourth-order valence-corrected chi connectivity index (χ4v) is 3.89. The molecule has 0 saturated carbocycles. The third-order valence-electron chi connectivity index (χ3n) is 5.65. The molecule has 0 spiro atoms. The summed E-state index contributed by atoms with van der Waals surface area (Å²) < 4.78 is 0. The van der Waals surface area contributed by atoms with Crippen molar-refractivity contribution in [2.24, 2.45) is 5.73 Å². The third-order valence-corrected chi connectivity index (χ3v) is 5.65. The summed E-state index contributed by atoms with van der Waals surface area (Å²) in [6, 6.07) is 6.14. The number of aromatic nitrogens is 2. The van der Waals surface area contributed by atoms with Crippen LogP contribution in [0.15, 0.2) is 18.2 Å². The van der Waals surface area contributed by atoms with E-state index in [4.69, 9.17) is 5.73 Å². The average molecular weight is 466 g/mol. The van der Waals surface area contributed by atoms with Crippen molar-refractivity contribution in [1.29, 1.82) is 0 Å². The quantitative estimate of drug-likeness (QED) is 0.485. The SMILES string of the molecule is C=c1[nH]c2ccc(C)cc2/c1=C/c1[nH]c(C)c(C(N)=O)c1C.CCCN(C)C(=O)N(C)CC=O. The molecule has 34 heavy (non-hydrogen) atoms. The zero-order valence-corrected chi connectivity index (χ0v) is 20.9. The van der Waals surface area contributed by atoms with Crippen LogP contribution in [0.3, 0.4) is 0 Å². The number of carbonyl (C=O) groups excluding carboxylic acids is 3. The molecule has 0 atom stereocenters. The number of nitrogens with two attached hydrogens (primary N) is 1. The van der Waals surface area contributed by atoms with Crippen LogP contribution in [0.1, 0.15) is 46.2 Å². The molecule has 1 aromatic carbocycles. The predicted molar refractivity (Wildman–Crippen MR) is 137 cm³/mol. The Hall–Kier alpha value is -3.81. The molecule has 8 nitrogen and oxygen atoms in total. The summed E-state index contributed by atoms with van der Waals surface area (Å²) >= 11 is 0. The largest absolute Gasteiger partial charge is 0.366 e. The second-order valence-electron chi connectivity index (χ2n) is 8.49. The number of carbonyl (C=O) groups is 3. The van der Waals surface area contributed by atoms with Gasteiger partial charge in [-0.15, -0.1) is 0 Å². The first-order chi connectivity index (χ1) is 16.0. The van der Waals surface area contributed by atoms with E-state index in [1.54, 1.807) is 19.0 Å². The maximum atomic E-state index is 11.6. The molecule has 8 heteroatoms. The summed E-state index contributed by atoms with van der Waals surface area (Å²) in [5.74, 6) is -0.407. The lowest BCUT2D eigenvalue weighted by molar-refractivity contribution is -0.108. The Morgan fingerprint density at radius 3 is 2.35 bits per heavy atom. The Morgan fingerprint density at radius 1 is 1.12 bits per heavy atom. The molecular formula is C26H35N5O3. The Morgan fingerprint density at radius 2 is 1.79 bits per heavy atom. The minimum atomic E-state index is -0.407. The van der Waals surface area contributed by atoms with Crippen molar-refractivity contribution in [2.45, 2.75) is 34.1 Å². The number of primary amides is 1. The number of aromatic amines is 2. The number of benzene rings is 1. The van der Waals surface area contributed by atoms with Gasteiger partial charge in [0.2, 0.25) is 0 Å². The number of urea groups is 1. The lowest BCUT2D eigenvalue weighted by Gasteiger charge is -2.22. The van der Waals surface area contributed by atoms with Crippen LogP contribution in [0, 0.1) is 20.8 Å². The van der Waals surface area contributed by atoms with Gasteiger partial charge in [0.05, 0.1) is 12.1 Å². The van der Waals surface area contributed by atoms with Crippen molar-refractivity contribution in [3.8, 4) is 0 Å². The van der Waals surface area contributed by atoms with E-state index in [-0.39, 0.29) is 12.6 Å². The molecule has 4 N–H and O–H groups in total. The molecule has 0 saturated heterocycles. The van der Waals surface area contributed by atoms with E-state index in [9.17, 15) is 14.4 Å². The third kappa shape index (κ3) is 5.95. The van der Waals surface area contributed by atoms with Crippen LogP contribution in [-0.2, 0) is 4.79 Å². The van der Waals surface area contributed by atoms with E-state index >= 15 is 0 Å². The van der Waals surface area contributed by atoms with E-state index < -0.39 is 5.91 Å². The summed E-state index contributed by atoms with van der Waals surface area (Å²) in [6.07, 6.45) is 3.67. The first-order valence-corrected chi connectivity index (χ1v) is 11.2. The van der Waals surface area contributed by atoms with E-state index in [2.05, 4.69) is 41.7 Å². The van der Waals surface area contributed by atoms with Gasteiger partial charge in [-0.2, -0.15) is 0 Å². The topological polar surface area (TPSA) is 115 Å². The maximum Gasteiger partial charge on any atom is 0.319 e. The molecular weight excluding hydrogens is 430 g/mol. The van der Waals surface area contributed by atoms with E-state index in [0.717, 1.165) is 57.7 Å². The van der Waals surface area contributed by atoms with E-state index in [0.29, 0.717) is 5.56 Å². The number of hydrogen-bond acceptors (Lipinski definition) is 3. The summed E-state index contributed by atoms with van der Waals surface area (Å²) in [5.41, 5.74) is 10.8. The van der Waals surface area contributed by atoms with Crippen LogP contribution in [0.4, 0.5) is 4.79 Å². The van der Waals surface area contributed by atoms with Crippen LogP contribution in [0.5, 0.6) is 0 Å². The van der Waals surface area contributed by atoms with Crippen molar-refractivity contribution in [3.05, 3.63) is 56.8 Å². The lowest BCUT2D eigenvalue weighted by atomic mass is 10.1. The van der Waals surface area contributed by atoms with Crippen molar-refractivity contribution in [1.82, 2.24) is 19.8 Å². The van der Waals surface area contributed by atoms with Gasteiger partial charge in [0.1, 0.15) is 6.29 Å². The van der Waals surface area contributed by atoms with Crippen LogP contribution in [0.2, 0.25) is 0 Å². The van der Waals surface area contributed by atoms with Gasteiger partial charge in [-0.1, -0.05) is 25.1 Å². The highest BCUT2D eigenvalue weighted by molar-refractivity contribution is 5.96. The predicted octanol–water partition coefficient (Wildman–Crippen LogP) is 2.34. The minimum absolute atomic E-state index is 0.107. The molecule has 182 valence electrons. The zero-order valence-electron chi connectivity index (χ0n) is 20.9. The Kier molecular flexibility index (Phi) is 8.83. The molecule has 0 radical (unpaired) electrons. The van der Waals surface area contributed by atoms with Gasteiger partial charge >= 0.3 is 6.03 Å². The van der Waals surface area contributed by atoms with Crippen molar-refractivity contribution >= 4 is 41.8 Å². The van der Waals surface area contributed by atoms with Crippen LogP contribution in [-0.4, -0.2) is 65.2 Å². The Balaban J connectivity index is 0.000000292. The monoisotopic (exact) mass is 465 g/mol. The molecule has 0 aliphatic carbocycles. The number of fused-ring (bicyclic) bond motifs is 1. The smallest absolute Gasteiger partial charge is 0.319 e. The summed E-state index contributed by atoms with van der Waals surface area (Å²) in [4.78, 5) is 42.5. The molecule has 0 bridgehead atoms. The molecule has 2 aromatic heterocycles. The molecule has 0 aliphatic rings. The van der Waals surface area contributed by atoms with E-state index in [1.165, 1.54) is 10.5 Å². The number of aryl methyl sites for hydroxylation is 2. The standard InChI is InChI=1S/C18H19N3O.C8H16N2O2/c1-9-5-6-15-14(7-9)13(11(3)20-15)8-16-10(2)17(18(19)22)12(4)21-16;1-4-5-9(2)8(12)10(3)6-7-11/h5-8,20-21H,3H2,1-2,4H3,(H2,19,22);7H,4-6H2,1-3H3/b13-8+;. The van der Waals surface area contributed by atoms with Gasteiger partial charge in [-0.05, 0) is 51.0 Å². The number of rotatable bonds is 6. The lowest BCUT2D eigenvalue weighted by Crippen LogP contribution is -2.39. The van der Waals surface area contributed by atoms with Crippen molar-refractivity contribution in [2.75, 3.05) is 27.2 Å². The van der Waals surface area contributed by atoms with E-state index in [1.807, 2.05) is 26.8 Å². The van der Waals surface area contributed by atoms with Gasteiger partial charge in [0, 0.05) is 53.5 Å². The summed E-state index contributed by atoms with van der Waals surface area (Å²) in [6.45, 7) is 12.8. The highest BCUT2D eigenvalue weighted by Crippen LogP contribution is 2.18. The van der Waals surface area contributed by atoms with Gasteiger partial charge in [0.15, 0.2) is 0 Å². The van der Waals surface area contributed by atoms with Gasteiger partial charge in [-0.25, -0.2) is 4.79 Å². The molecule has 2 heterocycles. The number of aldehydes is 1. The number of likely N-dealkylation sites (N-methyl/N-ethyl adjacent to an activating group) is 1. The molecule has 0 aliphatic heterocycles. The molecule has 0 unspecified atom stereocenters. The molecule has 0 fully saturated rings. The summed E-state index contributed by atoms with van der Waals surface area (Å²) in [7, 11) is 3.34. The highest BCUT2D eigenvalue weighted by atomic mass is 16.2. The van der Waals surface area contributed by atoms with Crippen LogP contribution >= 0.6 is 0 Å². The first-order valence-electron chi connectivity index (χ1n) is 11.2. The number of H-pyrrole nitrogens is 2. The Labute approximate surface area is 200 Å².